The standard InChI is InChI=1S/C15H22ClNO/c1-3-8-17-15(9-11-4-5-11)13-7-6-12(18-2)10-14(13)16/h6-7,10-11,15,17H,3-5,8-9H2,1-2H3. The van der Waals surface area contributed by atoms with Crippen molar-refractivity contribution in [3.05, 3.63) is 28.8 Å². The first-order valence-electron chi connectivity index (χ1n) is 6.81. The second-order valence-corrected chi connectivity index (χ2v) is 5.48. The molecule has 1 aliphatic carbocycles. The first-order valence-corrected chi connectivity index (χ1v) is 7.19. The molecule has 1 aliphatic rings. The van der Waals surface area contributed by atoms with Gasteiger partial charge in [0.05, 0.1) is 7.11 Å². The Morgan fingerprint density at radius 1 is 1.44 bits per heavy atom. The van der Waals surface area contributed by atoms with Gasteiger partial charge in [0.2, 0.25) is 0 Å². The Labute approximate surface area is 115 Å². The SMILES string of the molecule is CCCNC(CC1CC1)c1ccc(OC)cc1Cl. The van der Waals surface area contributed by atoms with E-state index in [0.717, 1.165) is 29.7 Å². The van der Waals surface area contributed by atoms with Crippen molar-refractivity contribution in [2.24, 2.45) is 5.92 Å². The number of nitrogens with one attached hydrogen (secondary N) is 1. The van der Waals surface area contributed by atoms with E-state index >= 15 is 0 Å². The first-order chi connectivity index (χ1) is 8.74. The van der Waals surface area contributed by atoms with Crippen molar-refractivity contribution in [1.29, 1.82) is 0 Å². The molecule has 1 N–H and O–H groups in total. The molecule has 2 nitrogen and oxygen atoms in total. The molecule has 100 valence electrons. The number of ether oxygens (including phenoxy) is 1. The van der Waals surface area contributed by atoms with Crippen LogP contribution >= 0.6 is 11.6 Å². The number of benzene rings is 1. The van der Waals surface area contributed by atoms with Crippen molar-refractivity contribution in [2.45, 2.75) is 38.6 Å². The number of halogens is 1. The molecule has 0 aromatic heterocycles. The lowest BCUT2D eigenvalue weighted by Crippen LogP contribution is -2.23. The molecule has 1 atom stereocenters. The predicted octanol–water partition coefficient (Wildman–Crippen LogP) is 4.19. The smallest absolute Gasteiger partial charge is 0.120 e. The van der Waals surface area contributed by atoms with Crippen LogP contribution in [-0.4, -0.2) is 13.7 Å². The van der Waals surface area contributed by atoms with E-state index in [4.69, 9.17) is 16.3 Å². The maximum atomic E-state index is 6.37. The highest BCUT2D eigenvalue weighted by atomic mass is 35.5. The van der Waals surface area contributed by atoms with Gasteiger partial charge >= 0.3 is 0 Å². The first kappa shape index (κ1) is 13.7. The Morgan fingerprint density at radius 3 is 2.78 bits per heavy atom. The molecule has 1 unspecified atom stereocenters. The van der Waals surface area contributed by atoms with Gasteiger partial charge in [-0.2, -0.15) is 0 Å². The molecule has 0 saturated heterocycles. The summed E-state index contributed by atoms with van der Waals surface area (Å²) in [6, 6.07) is 6.38. The van der Waals surface area contributed by atoms with Gasteiger partial charge in [0, 0.05) is 11.1 Å². The van der Waals surface area contributed by atoms with E-state index < -0.39 is 0 Å². The molecule has 1 aromatic rings. The summed E-state index contributed by atoms with van der Waals surface area (Å²) in [6.07, 6.45) is 5.09. The molecule has 3 heteroatoms. The lowest BCUT2D eigenvalue weighted by atomic mass is 10.0. The van der Waals surface area contributed by atoms with Crippen LogP contribution < -0.4 is 10.1 Å². The van der Waals surface area contributed by atoms with Gasteiger partial charge in [-0.25, -0.2) is 0 Å². The number of hydrogen-bond donors (Lipinski definition) is 1. The lowest BCUT2D eigenvalue weighted by Gasteiger charge is -2.20. The van der Waals surface area contributed by atoms with Crippen LogP contribution in [0.15, 0.2) is 18.2 Å². The van der Waals surface area contributed by atoms with Gasteiger partial charge < -0.3 is 10.1 Å². The van der Waals surface area contributed by atoms with Crippen LogP contribution in [0.1, 0.15) is 44.2 Å². The molecule has 1 fully saturated rings. The van der Waals surface area contributed by atoms with Crippen LogP contribution in [-0.2, 0) is 0 Å². The molecule has 0 spiro atoms. The van der Waals surface area contributed by atoms with Crippen LogP contribution in [0, 0.1) is 5.92 Å². The van der Waals surface area contributed by atoms with Gasteiger partial charge in [-0.15, -0.1) is 0 Å². The summed E-state index contributed by atoms with van der Waals surface area (Å²) in [7, 11) is 1.67. The van der Waals surface area contributed by atoms with E-state index in [-0.39, 0.29) is 0 Å². The number of hydrogen-bond acceptors (Lipinski definition) is 2. The zero-order valence-electron chi connectivity index (χ0n) is 11.2. The summed E-state index contributed by atoms with van der Waals surface area (Å²) in [5.74, 6) is 1.71. The summed E-state index contributed by atoms with van der Waals surface area (Å²) < 4.78 is 5.20. The zero-order chi connectivity index (χ0) is 13.0. The fraction of sp³-hybridized carbons (Fsp3) is 0.600. The minimum atomic E-state index is 0.385. The summed E-state index contributed by atoms with van der Waals surface area (Å²) in [6.45, 7) is 3.23. The quantitative estimate of drug-likeness (QED) is 0.800. The summed E-state index contributed by atoms with van der Waals surface area (Å²) in [4.78, 5) is 0. The van der Waals surface area contributed by atoms with Gasteiger partial charge in [-0.3, -0.25) is 0 Å². The fourth-order valence-corrected chi connectivity index (χ4v) is 2.55. The van der Waals surface area contributed by atoms with Gasteiger partial charge in [0.15, 0.2) is 0 Å². The van der Waals surface area contributed by atoms with Crippen molar-refractivity contribution in [2.75, 3.05) is 13.7 Å². The molecule has 0 bridgehead atoms. The Hall–Kier alpha value is -0.730. The number of rotatable bonds is 7. The van der Waals surface area contributed by atoms with Crippen LogP contribution in [0.3, 0.4) is 0 Å². The largest absolute Gasteiger partial charge is 0.497 e. The molecule has 0 aliphatic heterocycles. The maximum absolute atomic E-state index is 6.37. The van der Waals surface area contributed by atoms with E-state index in [1.807, 2.05) is 12.1 Å². The van der Waals surface area contributed by atoms with Crippen molar-refractivity contribution >= 4 is 11.6 Å². The molecular weight excluding hydrogens is 246 g/mol. The van der Waals surface area contributed by atoms with Crippen LogP contribution in [0.4, 0.5) is 0 Å². The highest BCUT2D eigenvalue weighted by molar-refractivity contribution is 6.31. The fourth-order valence-electron chi connectivity index (χ4n) is 2.24. The summed E-state index contributed by atoms with van der Waals surface area (Å²) in [5, 5.41) is 4.42. The number of methoxy groups -OCH3 is 1. The monoisotopic (exact) mass is 267 g/mol. The Kier molecular flexibility index (Phi) is 4.90. The normalized spacial score (nSPS) is 16.6. The van der Waals surface area contributed by atoms with Crippen molar-refractivity contribution in [1.82, 2.24) is 5.32 Å². The van der Waals surface area contributed by atoms with E-state index in [1.54, 1.807) is 7.11 Å². The third kappa shape index (κ3) is 3.63. The topological polar surface area (TPSA) is 21.3 Å². The highest BCUT2D eigenvalue weighted by Gasteiger charge is 2.27. The third-order valence-corrected chi connectivity index (χ3v) is 3.82. The summed E-state index contributed by atoms with van der Waals surface area (Å²) >= 11 is 6.37. The molecule has 0 amide bonds. The van der Waals surface area contributed by atoms with Gasteiger partial charge in [-0.1, -0.05) is 37.4 Å². The second-order valence-electron chi connectivity index (χ2n) is 5.07. The minimum absolute atomic E-state index is 0.385. The van der Waals surface area contributed by atoms with Crippen LogP contribution in [0.25, 0.3) is 0 Å². The van der Waals surface area contributed by atoms with E-state index in [1.165, 1.54) is 24.8 Å². The average Bonchev–Trinajstić information content (AvgIpc) is 3.18. The molecule has 0 radical (unpaired) electrons. The Balaban J connectivity index is 2.11. The zero-order valence-corrected chi connectivity index (χ0v) is 12.0. The van der Waals surface area contributed by atoms with E-state index in [2.05, 4.69) is 18.3 Å². The maximum Gasteiger partial charge on any atom is 0.120 e. The molecular formula is C15H22ClNO. The van der Waals surface area contributed by atoms with Gasteiger partial charge in [0.1, 0.15) is 5.75 Å². The molecule has 1 saturated carbocycles. The lowest BCUT2D eigenvalue weighted by molar-refractivity contribution is 0.413. The Morgan fingerprint density at radius 2 is 2.22 bits per heavy atom. The molecule has 2 rings (SSSR count). The van der Waals surface area contributed by atoms with Crippen molar-refractivity contribution in [3.8, 4) is 5.75 Å². The predicted molar refractivity (Wildman–Crippen MR) is 76.4 cm³/mol. The second kappa shape index (κ2) is 6.44. The van der Waals surface area contributed by atoms with Crippen LogP contribution in [0.5, 0.6) is 5.75 Å². The van der Waals surface area contributed by atoms with Gasteiger partial charge in [0.25, 0.3) is 0 Å². The van der Waals surface area contributed by atoms with Gasteiger partial charge in [-0.05, 0) is 43.0 Å². The molecule has 18 heavy (non-hydrogen) atoms. The third-order valence-electron chi connectivity index (χ3n) is 3.49. The summed E-state index contributed by atoms with van der Waals surface area (Å²) in [5.41, 5.74) is 1.21. The van der Waals surface area contributed by atoms with E-state index in [0.29, 0.717) is 6.04 Å². The average molecular weight is 268 g/mol. The van der Waals surface area contributed by atoms with Crippen LogP contribution in [0.2, 0.25) is 5.02 Å². The van der Waals surface area contributed by atoms with Crippen molar-refractivity contribution in [3.63, 3.8) is 0 Å². The highest BCUT2D eigenvalue weighted by Crippen LogP contribution is 2.39. The van der Waals surface area contributed by atoms with Crippen molar-refractivity contribution < 1.29 is 4.74 Å². The molecule has 1 aromatic carbocycles. The Bertz CT molecular complexity index is 390. The molecule has 0 heterocycles. The minimum Gasteiger partial charge on any atom is -0.497 e. The van der Waals surface area contributed by atoms with E-state index in [9.17, 15) is 0 Å².